The molecule has 0 aliphatic heterocycles. The van der Waals surface area contributed by atoms with Crippen molar-refractivity contribution in [1.29, 1.82) is 5.26 Å². The van der Waals surface area contributed by atoms with E-state index in [9.17, 15) is 18.0 Å². The van der Waals surface area contributed by atoms with E-state index in [4.69, 9.17) is 5.26 Å². The summed E-state index contributed by atoms with van der Waals surface area (Å²) < 4.78 is 38.1. The van der Waals surface area contributed by atoms with E-state index in [0.29, 0.717) is 5.57 Å². The molecule has 0 radical (unpaired) electrons. The van der Waals surface area contributed by atoms with Gasteiger partial charge in [-0.2, -0.15) is 18.4 Å². The quantitative estimate of drug-likeness (QED) is 0.835. The second-order valence-corrected chi connectivity index (χ2v) is 3.80. The van der Waals surface area contributed by atoms with E-state index in [1.54, 1.807) is 19.9 Å². The Bertz CT molecular complexity index is 568. The average molecular weight is 268 g/mol. The first kappa shape index (κ1) is 14.8. The summed E-state index contributed by atoms with van der Waals surface area (Å²) in [7, 11) is 0. The van der Waals surface area contributed by atoms with E-state index in [1.165, 1.54) is 12.1 Å². The maximum atomic E-state index is 12.7. The highest BCUT2D eigenvalue weighted by molar-refractivity contribution is 6.03. The van der Waals surface area contributed by atoms with Crippen molar-refractivity contribution in [2.24, 2.45) is 0 Å². The fourth-order valence-electron chi connectivity index (χ4n) is 1.31. The third kappa shape index (κ3) is 3.58. The molecule has 3 nitrogen and oxygen atoms in total. The lowest BCUT2D eigenvalue weighted by atomic mass is 10.1. The van der Waals surface area contributed by atoms with Gasteiger partial charge < -0.3 is 5.32 Å². The highest BCUT2D eigenvalue weighted by Gasteiger charge is 2.33. The van der Waals surface area contributed by atoms with Crippen LogP contribution in [0.5, 0.6) is 0 Å². The number of carbonyl (C=O) groups excluding carboxylic acids is 1. The second-order valence-electron chi connectivity index (χ2n) is 3.80. The summed E-state index contributed by atoms with van der Waals surface area (Å²) in [5.41, 5.74) is -1.16. The van der Waals surface area contributed by atoms with E-state index in [0.717, 1.165) is 12.1 Å². The lowest BCUT2D eigenvalue weighted by Gasteiger charge is -2.11. The first-order chi connectivity index (χ1) is 8.79. The van der Waals surface area contributed by atoms with Gasteiger partial charge in [-0.3, -0.25) is 4.79 Å². The average Bonchev–Trinajstić information content (AvgIpc) is 2.36. The van der Waals surface area contributed by atoms with Gasteiger partial charge in [-0.25, -0.2) is 0 Å². The molecular weight excluding hydrogens is 257 g/mol. The number of anilines is 1. The molecule has 0 saturated heterocycles. The van der Waals surface area contributed by atoms with E-state index in [1.807, 2.05) is 0 Å². The maximum Gasteiger partial charge on any atom is 0.417 e. The summed E-state index contributed by atoms with van der Waals surface area (Å²) in [6.45, 7) is 3.19. The Morgan fingerprint density at radius 3 is 2.53 bits per heavy atom. The fraction of sp³-hybridized carbons (Fsp3) is 0.231. The first-order valence-corrected chi connectivity index (χ1v) is 5.35. The summed E-state index contributed by atoms with van der Waals surface area (Å²) in [6, 6.07) is 4.51. The fourth-order valence-corrected chi connectivity index (χ4v) is 1.31. The summed E-state index contributed by atoms with van der Waals surface area (Å²) >= 11 is 0. The molecule has 1 amide bonds. The van der Waals surface area contributed by atoms with E-state index in [2.05, 4.69) is 5.32 Å². The highest BCUT2D eigenvalue weighted by atomic mass is 19.4. The molecule has 0 spiro atoms. The molecule has 1 aromatic carbocycles. The van der Waals surface area contributed by atoms with Crippen LogP contribution >= 0.6 is 0 Å². The largest absolute Gasteiger partial charge is 0.417 e. The van der Waals surface area contributed by atoms with Crippen molar-refractivity contribution in [3.63, 3.8) is 0 Å². The van der Waals surface area contributed by atoms with Crippen molar-refractivity contribution >= 4 is 11.6 Å². The summed E-state index contributed by atoms with van der Waals surface area (Å²) in [6.07, 6.45) is -3.09. The Morgan fingerprint density at radius 2 is 2.05 bits per heavy atom. The SMILES string of the molecule is C/C=C(\C)C(=O)Nc1ccc(C#N)c(C(F)(F)F)c1. The highest BCUT2D eigenvalue weighted by Crippen LogP contribution is 2.33. The molecule has 0 heterocycles. The summed E-state index contributed by atoms with van der Waals surface area (Å²) in [5, 5.41) is 11.0. The maximum absolute atomic E-state index is 12.7. The van der Waals surface area contributed by atoms with Gasteiger partial charge in [-0.05, 0) is 32.0 Å². The van der Waals surface area contributed by atoms with Crippen LogP contribution in [0.2, 0.25) is 0 Å². The molecule has 0 aliphatic rings. The predicted octanol–water partition coefficient (Wildman–Crippen LogP) is 3.48. The number of allylic oxidation sites excluding steroid dienone is 1. The van der Waals surface area contributed by atoms with Gasteiger partial charge in [-0.15, -0.1) is 0 Å². The Balaban J connectivity index is 3.14. The van der Waals surface area contributed by atoms with Gasteiger partial charge in [0, 0.05) is 11.3 Å². The van der Waals surface area contributed by atoms with Crippen molar-refractivity contribution in [2.75, 3.05) is 5.32 Å². The smallest absolute Gasteiger partial charge is 0.322 e. The van der Waals surface area contributed by atoms with E-state index in [-0.39, 0.29) is 5.69 Å². The zero-order chi connectivity index (χ0) is 14.6. The van der Waals surface area contributed by atoms with Crippen molar-refractivity contribution < 1.29 is 18.0 Å². The van der Waals surface area contributed by atoms with Gasteiger partial charge in [0.05, 0.1) is 17.2 Å². The van der Waals surface area contributed by atoms with Gasteiger partial charge in [0.2, 0.25) is 0 Å². The number of benzene rings is 1. The molecule has 0 unspecified atom stereocenters. The topological polar surface area (TPSA) is 52.9 Å². The minimum absolute atomic E-state index is 0.00229. The van der Waals surface area contributed by atoms with Crippen LogP contribution in [0.3, 0.4) is 0 Å². The van der Waals surface area contributed by atoms with Crippen LogP contribution in [0.15, 0.2) is 29.8 Å². The number of hydrogen-bond donors (Lipinski definition) is 1. The number of alkyl halides is 3. The Hall–Kier alpha value is -2.29. The van der Waals surface area contributed by atoms with Crippen LogP contribution in [-0.4, -0.2) is 5.91 Å². The molecule has 0 aliphatic carbocycles. The third-order valence-corrected chi connectivity index (χ3v) is 2.49. The molecule has 1 N–H and O–H groups in total. The number of amides is 1. The van der Waals surface area contributed by atoms with Crippen molar-refractivity contribution in [1.82, 2.24) is 0 Å². The van der Waals surface area contributed by atoms with Crippen LogP contribution in [0, 0.1) is 11.3 Å². The monoisotopic (exact) mass is 268 g/mol. The number of rotatable bonds is 2. The third-order valence-electron chi connectivity index (χ3n) is 2.49. The molecule has 6 heteroatoms. The number of carbonyl (C=O) groups is 1. The zero-order valence-corrected chi connectivity index (χ0v) is 10.3. The molecule has 19 heavy (non-hydrogen) atoms. The van der Waals surface area contributed by atoms with Gasteiger partial charge in [0.15, 0.2) is 0 Å². The first-order valence-electron chi connectivity index (χ1n) is 5.35. The van der Waals surface area contributed by atoms with E-state index < -0.39 is 23.2 Å². The van der Waals surface area contributed by atoms with Gasteiger partial charge in [0.25, 0.3) is 5.91 Å². The molecule has 100 valence electrons. The Morgan fingerprint density at radius 1 is 1.42 bits per heavy atom. The zero-order valence-electron chi connectivity index (χ0n) is 10.3. The Kier molecular flexibility index (Phi) is 4.33. The minimum atomic E-state index is -4.64. The van der Waals surface area contributed by atoms with Crippen LogP contribution in [0.25, 0.3) is 0 Å². The summed E-state index contributed by atoms with van der Waals surface area (Å²) in [4.78, 5) is 11.5. The molecule has 0 saturated carbocycles. The molecule has 0 aromatic heterocycles. The molecule has 0 bridgehead atoms. The van der Waals surface area contributed by atoms with Crippen molar-refractivity contribution in [3.05, 3.63) is 41.0 Å². The van der Waals surface area contributed by atoms with Crippen molar-refractivity contribution in [2.45, 2.75) is 20.0 Å². The van der Waals surface area contributed by atoms with Crippen molar-refractivity contribution in [3.8, 4) is 6.07 Å². The molecular formula is C13H11F3N2O. The second kappa shape index (κ2) is 5.57. The van der Waals surface area contributed by atoms with Crippen LogP contribution in [0.4, 0.5) is 18.9 Å². The molecule has 1 aromatic rings. The molecule has 1 rings (SSSR count). The van der Waals surface area contributed by atoms with Gasteiger partial charge >= 0.3 is 6.18 Å². The van der Waals surface area contributed by atoms with Gasteiger partial charge in [-0.1, -0.05) is 6.08 Å². The van der Waals surface area contributed by atoms with Gasteiger partial charge in [0.1, 0.15) is 0 Å². The minimum Gasteiger partial charge on any atom is -0.322 e. The lowest BCUT2D eigenvalue weighted by molar-refractivity contribution is -0.137. The predicted molar refractivity (Wildman–Crippen MR) is 64.2 cm³/mol. The Labute approximate surface area is 108 Å². The number of nitriles is 1. The van der Waals surface area contributed by atoms with Crippen LogP contribution in [0.1, 0.15) is 25.0 Å². The summed E-state index contributed by atoms with van der Waals surface area (Å²) in [5.74, 6) is -0.486. The lowest BCUT2D eigenvalue weighted by Crippen LogP contribution is -2.14. The standard InChI is InChI=1S/C13H11F3N2O/c1-3-8(2)12(19)18-10-5-4-9(7-17)11(6-10)13(14,15)16/h3-6H,1-2H3,(H,18,19)/b8-3+. The molecule has 0 fully saturated rings. The van der Waals surface area contributed by atoms with E-state index >= 15 is 0 Å². The molecule has 0 atom stereocenters. The number of halogens is 3. The number of nitrogens with zero attached hydrogens (tertiary/aromatic N) is 1. The number of hydrogen-bond acceptors (Lipinski definition) is 2. The van der Waals surface area contributed by atoms with Crippen LogP contribution < -0.4 is 5.32 Å². The normalized spacial score (nSPS) is 11.9. The number of nitrogens with one attached hydrogen (secondary N) is 1. The van der Waals surface area contributed by atoms with Crippen LogP contribution in [-0.2, 0) is 11.0 Å².